The van der Waals surface area contributed by atoms with Crippen LogP contribution < -0.4 is 0 Å². The highest BCUT2D eigenvalue weighted by Gasteiger charge is 2.40. The van der Waals surface area contributed by atoms with E-state index in [9.17, 15) is 48.6 Å². The fraction of sp³-hybridized carbons (Fsp3) is 0.683. The molecule has 16 nitrogen and oxygen atoms in total. The lowest BCUT2D eigenvalue weighted by atomic mass is 9.78. The maximum atomic E-state index is 13.8. The fourth-order valence-electron chi connectivity index (χ4n) is 11.3. The number of thiocarbonyl (C=S) groups is 2. The van der Waals surface area contributed by atoms with Crippen LogP contribution in [0.3, 0.4) is 0 Å². The third kappa shape index (κ3) is 47.8. The summed E-state index contributed by atoms with van der Waals surface area (Å²) in [6, 6.07) is 20.0. The number of hydrogen-bond donors (Lipinski definition) is 2. The Bertz CT molecular complexity index is 2760. The molecule has 2 aromatic rings. The van der Waals surface area contributed by atoms with Crippen molar-refractivity contribution in [3.63, 3.8) is 0 Å². The van der Waals surface area contributed by atoms with Gasteiger partial charge in [-0.2, -0.15) is 0 Å². The average Bonchev–Trinajstić information content (AvgIpc) is 1.03. The van der Waals surface area contributed by atoms with Crippen LogP contribution in [-0.2, 0) is 57.3 Å². The number of esters is 4. The molecule has 4 atom stereocenters. The maximum Gasteiger partial charge on any atom is 0.330 e. The lowest BCUT2D eigenvalue weighted by Gasteiger charge is -2.29. The van der Waals surface area contributed by atoms with Gasteiger partial charge in [0, 0.05) is 37.3 Å². The third-order valence-corrected chi connectivity index (χ3v) is 23.7. The monoisotopic (exact) mass is 1560 g/mol. The Balaban J connectivity index is 0.000000881. The molecule has 2 fully saturated rings. The van der Waals surface area contributed by atoms with Crippen LogP contribution in [0.2, 0.25) is 0 Å². The van der Waals surface area contributed by atoms with Gasteiger partial charge in [-0.25, -0.2) is 4.79 Å². The molecule has 0 aliphatic carbocycles. The van der Waals surface area contributed by atoms with Gasteiger partial charge in [0.2, 0.25) is 11.8 Å². The van der Waals surface area contributed by atoms with E-state index in [1.165, 1.54) is 139 Å². The number of rotatable bonds is 52. The Labute approximate surface area is 654 Å². The second-order valence-electron chi connectivity index (χ2n) is 28.0. The second kappa shape index (κ2) is 61.2. The van der Waals surface area contributed by atoms with Crippen molar-refractivity contribution in [3.05, 3.63) is 91.0 Å². The number of aliphatic carboxylic acids is 2. The number of carbonyl (C=O) groups is 8. The summed E-state index contributed by atoms with van der Waals surface area (Å²) in [6.07, 6.45) is 35.5. The maximum absolute atomic E-state index is 13.8. The van der Waals surface area contributed by atoms with Crippen molar-refractivity contribution in [3.8, 4) is 0 Å². The minimum Gasteiger partial charge on any atom is -0.481 e. The molecule has 104 heavy (non-hydrogen) atoms. The standard InChI is InChI=1S/C41H65NO7S3.C26H45NO5S3.C8H8.C7H12O2/c1-5-7-9-10-11-12-13-14-15-19-28-51-40(50)52-35(32-21-17-16-18-22-32)30-33(37(44)48-26-8-6-2)29-34(31-41(3,4)39(46)47)38(45)49-27-25-42-24-20-23-36(42)43;1-4-5-6-7-8-9-10-11-12-13-19-34-25(33)35-21(20-26(2,3)24(30)31)23(29)32-18-17-27-16-14-15-22(27)28;1-2-8-6-4-3-5-7-8;1-3-5-6-9-7(8)4-2/h16-18,21-22,33-35H,5-15,19-20,23-31H2,1-4H3,(H,46,47);21H,4-20H2,1-3H3,(H,30,31);2-7H,1H2;4H,2-3,5-6H2,1H3. The molecule has 2 amide bonds. The molecule has 0 radical (unpaired) electrons. The topological polar surface area (TPSA) is 220 Å². The molecule has 4 rings (SSSR count). The average molecular weight is 1560 g/mol. The molecule has 2 heterocycles. The number of nitrogens with zero attached hydrogens (tertiary/aromatic N) is 2. The molecule has 0 bridgehead atoms. The molecule has 0 aromatic heterocycles. The zero-order chi connectivity index (χ0) is 77.2. The highest BCUT2D eigenvalue weighted by molar-refractivity contribution is 8.47. The number of likely N-dealkylation sites (tertiary alicyclic amines) is 2. The van der Waals surface area contributed by atoms with Crippen LogP contribution in [-0.4, -0.2) is 144 Å². The largest absolute Gasteiger partial charge is 0.481 e. The van der Waals surface area contributed by atoms with Crippen LogP contribution in [0.4, 0.5) is 0 Å². The molecule has 2 N–H and O–H groups in total. The summed E-state index contributed by atoms with van der Waals surface area (Å²) in [4.78, 5) is 102. The minimum absolute atomic E-state index is 0.00117. The molecule has 0 spiro atoms. The fourth-order valence-corrected chi connectivity index (χ4v) is 17.0. The first-order chi connectivity index (χ1) is 49.9. The number of ether oxygens (including phenoxy) is 4. The van der Waals surface area contributed by atoms with Crippen molar-refractivity contribution in [1.82, 2.24) is 9.80 Å². The number of carboxylic acid groups (broad SMARTS) is 2. The van der Waals surface area contributed by atoms with E-state index in [1.54, 1.807) is 72.8 Å². The van der Waals surface area contributed by atoms with Gasteiger partial charge in [0.15, 0.2) is 0 Å². The quantitative estimate of drug-likeness (QED) is 0.0207. The zero-order valence-electron chi connectivity index (χ0n) is 64.5. The summed E-state index contributed by atoms with van der Waals surface area (Å²) >= 11 is 17.5. The Hall–Kier alpha value is -4.74. The van der Waals surface area contributed by atoms with Gasteiger partial charge in [-0.1, -0.05) is 284 Å². The predicted molar refractivity (Wildman–Crippen MR) is 442 cm³/mol. The van der Waals surface area contributed by atoms with Crippen LogP contribution >= 0.6 is 71.5 Å². The Morgan fingerprint density at radius 3 is 1.31 bits per heavy atom. The van der Waals surface area contributed by atoms with Gasteiger partial charge in [-0.3, -0.25) is 33.6 Å². The van der Waals surface area contributed by atoms with Gasteiger partial charge >= 0.3 is 35.8 Å². The number of unbranched alkanes of at least 4 members (excludes halogenated alkanes) is 20. The van der Waals surface area contributed by atoms with E-state index in [0.717, 1.165) is 72.0 Å². The minimum atomic E-state index is -1.23. The number of benzene rings is 2. The van der Waals surface area contributed by atoms with Crippen LogP contribution in [0.5, 0.6) is 0 Å². The first kappa shape index (κ1) is 97.3. The Kier molecular flexibility index (Phi) is 57.2. The Morgan fingerprint density at radius 2 is 0.894 bits per heavy atom. The smallest absolute Gasteiger partial charge is 0.330 e. The molecule has 0 saturated carbocycles. The lowest BCUT2D eigenvalue weighted by molar-refractivity contribution is -0.157. The SMILES string of the molecule is C=CC(=O)OCCCC.C=Cc1ccccc1.CCCCCCCCCCCCSC(=S)SC(CC(C)(C)C(=O)O)C(=O)OCCN1CCCC1=O.CCCCCCCCCCCCSC(=S)SC(CC(CC(CC(C)(C)C(=O)O)C(=O)OCCN1CCCC1=O)C(=O)OCCCC)c1ccccc1. The van der Waals surface area contributed by atoms with Crippen molar-refractivity contribution in [2.75, 3.05) is 64.1 Å². The van der Waals surface area contributed by atoms with Crippen molar-refractivity contribution in [1.29, 1.82) is 0 Å². The molecule has 588 valence electrons. The molecule has 2 saturated heterocycles. The predicted octanol–water partition coefficient (Wildman–Crippen LogP) is 21.0. The second-order valence-corrected chi connectivity index (χ2v) is 35.0. The van der Waals surface area contributed by atoms with E-state index >= 15 is 0 Å². The van der Waals surface area contributed by atoms with Gasteiger partial charge < -0.3 is 39.0 Å². The summed E-state index contributed by atoms with van der Waals surface area (Å²) in [5.74, 6) is -3.29. The van der Waals surface area contributed by atoms with Crippen LogP contribution in [0.25, 0.3) is 6.08 Å². The number of thioether (sulfide) groups is 4. The molecular formula is C82H130N2O14S6. The van der Waals surface area contributed by atoms with E-state index in [-0.39, 0.29) is 62.1 Å². The summed E-state index contributed by atoms with van der Waals surface area (Å²) in [5, 5.41) is 18.7. The Morgan fingerprint density at radius 1 is 0.500 bits per heavy atom. The van der Waals surface area contributed by atoms with Gasteiger partial charge in [0.05, 0.1) is 49.0 Å². The van der Waals surface area contributed by atoms with E-state index in [4.69, 9.17) is 38.6 Å². The highest BCUT2D eigenvalue weighted by Crippen LogP contribution is 2.42. The number of carboxylic acids is 2. The summed E-state index contributed by atoms with van der Waals surface area (Å²) in [6.45, 7) is 24.8. The van der Waals surface area contributed by atoms with Crippen LogP contribution in [0.1, 0.15) is 277 Å². The van der Waals surface area contributed by atoms with Crippen molar-refractivity contribution in [2.24, 2.45) is 22.7 Å². The highest BCUT2D eigenvalue weighted by atomic mass is 32.2. The van der Waals surface area contributed by atoms with Crippen molar-refractivity contribution < 1.29 is 67.5 Å². The van der Waals surface area contributed by atoms with Gasteiger partial charge in [0.1, 0.15) is 25.5 Å². The van der Waals surface area contributed by atoms with E-state index in [0.29, 0.717) is 55.6 Å². The van der Waals surface area contributed by atoms with Gasteiger partial charge in [-0.15, -0.1) is 23.5 Å². The third-order valence-electron chi connectivity index (χ3n) is 17.9. The van der Waals surface area contributed by atoms with Gasteiger partial charge in [0.25, 0.3) is 0 Å². The normalized spacial score (nSPS) is 13.8. The van der Waals surface area contributed by atoms with Gasteiger partial charge in [-0.05, 0) is 115 Å². The van der Waals surface area contributed by atoms with Crippen LogP contribution in [0, 0.1) is 22.7 Å². The first-order valence-corrected chi connectivity index (χ1v) is 43.1. The molecule has 2 aliphatic rings. The molecular weight excluding hydrogens is 1430 g/mol. The summed E-state index contributed by atoms with van der Waals surface area (Å²) in [5.41, 5.74) is -0.0991. The lowest BCUT2D eigenvalue weighted by Crippen LogP contribution is -2.35. The molecule has 2 aromatic carbocycles. The van der Waals surface area contributed by atoms with E-state index in [2.05, 4.69) is 31.7 Å². The van der Waals surface area contributed by atoms with Crippen LogP contribution in [0.15, 0.2) is 79.9 Å². The molecule has 22 heteroatoms. The van der Waals surface area contributed by atoms with E-state index < -0.39 is 57.8 Å². The molecule has 4 unspecified atom stereocenters. The van der Waals surface area contributed by atoms with E-state index in [1.807, 2.05) is 80.6 Å². The van der Waals surface area contributed by atoms with Crippen molar-refractivity contribution >= 4 is 132 Å². The number of hydrogen-bond acceptors (Lipinski definition) is 18. The summed E-state index contributed by atoms with van der Waals surface area (Å²) in [7, 11) is 0. The first-order valence-electron chi connectivity index (χ1n) is 38.6. The summed E-state index contributed by atoms with van der Waals surface area (Å²) < 4.78 is 23.0. The zero-order valence-corrected chi connectivity index (χ0v) is 69.4. The van der Waals surface area contributed by atoms with Crippen molar-refractivity contribution in [2.45, 2.75) is 271 Å². The number of carbonyl (C=O) groups excluding carboxylic acids is 6. The number of amides is 2. The molecule has 2 aliphatic heterocycles.